The predicted octanol–water partition coefficient (Wildman–Crippen LogP) is 2.85. The van der Waals surface area contributed by atoms with Gasteiger partial charge in [-0.05, 0) is 26.8 Å². The Balaban J connectivity index is 4.35. The Bertz CT molecular complexity index is 189. The van der Waals surface area contributed by atoms with Crippen LogP contribution in [0.25, 0.3) is 0 Å². The lowest BCUT2D eigenvalue weighted by atomic mass is 10.3. The van der Waals surface area contributed by atoms with E-state index in [0.29, 0.717) is 11.4 Å². The monoisotopic (exact) mass is 141 g/mol. The van der Waals surface area contributed by atoms with Gasteiger partial charge in [0.25, 0.3) is 0 Å². The molecule has 0 heterocycles. The normalized spacial score (nSPS) is 13.6. The molecule has 0 aromatic rings. The van der Waals surface area contributed by atoms with Crippen LogP contribution in [0.3, 0.4) is 0 Å². The highest BCUT2D eigenvalue weighted by molar-refractivity contribution is 5.96. The number of rotatable bonds is 2. The first kappa shape index (κ1) is 9.08. The van der Waals surface area contributed by atoms with Crippen molar-refractivity contribution in [3.05, 3.63) is 24.2 Å². The fourth-order valence-corrected chi connectivity index (χ4v) is 0.549. The van der Waals surface area contributed by atoms with E-state index in [9.17, 15) is 4.39 Å². The molecule has 1 nitrogen and oxygen atoms in total. The van der Waals surface area contributed by atoms with E-state index in [4.69, 9.17) is 0 Å². The van der Waals surface area contributed by atoms with Gasteiger partial charge in [-0.1, -0.05) is 6.58 Å². The molecule has 0 atom stereocenters. The minimum Gasteiger partial charge on any atom is -0.256 e. The molecule has 0 aliphatic heterocycles. The molecule has 0 saturated heterocycles. The number of nitrogens with zero attached hydrogens (tertiary/aromatic N) is 1. The Morgan fingerprint density at radius 2 is 2.00 bits per heavy atom. The first-order chi connectivity index (χ1) is 4.57. The Morgan fingerprint density at radius 3 is 2.30 bits per heavy atom. The molecule has 0 rings (SSSR count). The highest BCUT2D eigenvalue weighted by Gasteiger charge is 1.95. The highest BCUT2D eigenvalue weighted by atomic mass is 19.1. The first-order valence-corrected chi connectivity index (χ1v) is 3.11. The molecule has 0 spiro atoms. The van der Waals surface area contributed by atoms with Crippen molar-refractivity contribution in [3.63, 3.8) is 0 Å². The van der Waals surface area contributed by atoms with Crippen LogP contribution in [0.1, 0.15) is 20.8 Å². The third kappa shape index (κ3) is 3.17. The summed E-state index contributed by atoms with van der Waals surface area (Å²) >= 11 is 0. The summed E-state index contributed by atoms with van der Waals surface area (Å²) in [6, 6.07) is 0. The largest absolute Gasteiger partial charge is 0.256 e. The average Bonchev–Trinajstić information content (AvgIpc) is 1.85. The summed E-state index contributed by atoms with van der Waals surface area (Å²) in [5.74, 6) is -0.289. The van der Waals surface area contributed by atoms with Crippen LogP contribution in [0, 0.1) is 0 Å². The minimum atomic E-state index is -0.289. The Morgan fingerprint density at radius 1 is 1.50 bits per heavy atom. The van der Waals surface area contributed by atoms with Crippen molar-refractivity contribution in [2.75, 3.05) is 0 Å². The Kier molecular flexibility index (Phi) is 3.62. The molecule has 0 aliphatic carbocycles. The summed E-state index contributed by atoms with van der Waals surface area (Å²) < 4.78 is 12.6. The van der Waals surface area contributed by atoms with Gasteiger partial charge in [0, 0.05) is 5.70 Å². The van der Waals surface area contributed by atoms with Crippen molar-refractivity contribution in [3.8, 4) is 0 Å². The van der Waals surface area contributed by atoms with Gasteiger partial charge in [-0.15, -0.1) is 0 Å². The quantitative estimate of drug-likeness (QED) is 0.524. The second-order valence-electron chi connectivity index (χ2n) is 2.07. The number of hydrogen-bond acceptors (Lipinski definition) is 1. The van der Waals surface area contributed by atoms with Gasteiger partial charge < -0.3 is 0 Å². The van der Waals surface area contributed by atoms with Gasteiger partial charge in [-0.3, -0.25) is 4.99 Å². The fraction of sp³-hybridized carbons (Fsp3) is 0.375. The van der Waals surface area contributed by atoms with Crippen molar-refractivity contribution in [2.45, 2.75) is 20.8 Å². The third-order valence-corrected chi connectivity index (χ3v) is 0.958. The van der Waals surface area contributed by atoms with Gasteiger partial charge in [0.05, 0.1) is 5.71 Å². The second kappa shape index (κ2) is 3.99. The van der Waals surface area contributed by atoms with E-state index >= 15 is 0 Å². The molecular formula is C8H12FN. The van der Waals surface area contributed by atoms with Crippen molar-refractivity contribution in [1.29, 1.82) is 0 Å². The van der Waals surface area contributed by atoms with Gasteiger partial charge in [0.2, 0.25) is 0 Å². The molecule has 0 aromatic heterocycles. The van der Waals surface area contributed by atoms with Crippen LogP contribution in [0.2, 0.25) is 0 Å². The van der Waals surface area contributed by atoms with Gasteiger partial charge in [-0.25, -0.2) is 4.39 Å². The Hall–Kier alpha value is -0.920. The molecule has 56 valence electrons. The summed E-state index contributed by atoms with van der Waals surface area (Å²) in [5, 5.41) is 0. The fourth-order valence-electron chi connectivity index (χ4n) is 0.549. The number of aliphatic imine (C=N–C) groups is 1. The third-order valence-electron chi connectivity index (χ3n) is 0.958. The van der Waals surface area contributed by atoms with Crippen LogP contribution in [-0.4, -0.2) is 5.71 Å². The lowest BCUT2D eigenvalue weighted by Crippen LogP contribution is -1.90. The zero-order valence-corrected chi connectivity index (χ0v) is 6.61. The SMILES string of the molecule is C=C(C)N=C(C)/C(F)=C\C. The molecule has 0 saturated carbocycles. The molecule has 2 heteroatoms. The summed E-state index contributed by atoms with van der Waals surface area (Å²) in [5.41, 5.74) is 1.00. The van der Waals surface area contributed by atoms with E-state index in [1.54, 1.807) is 20.8 Å². The van der Waals surface area contributed by atoms with Crippen molar-refractivity contribution in [1.82, 2.24) is 0 Å². The topological polar surface area (TPSA) is 12.4 Å². The van der Waals surface area contributed by atoms with Crippen LogP contribution in [0.15, 0.2) is 29.2 Å². The van der Waals surface area contributed by atoms with Crippen molar-refractivity contribution in [2.24, 2.45) is 4.99 Å². The van der Waals surface area contributed by atoms with E-state index in [1.165, 1.54) is 6.08 Å². The van der Waals surface area contributed by atoms with Crippen LogP contribution in [-0.2, 0) is 0 Å². The molecule has 0 fully saturated rings. The summed E-state index contributed by atoms with van der Waals surface area (Å²) in [4.78, 5) is 3.83. The van der Waals surface area contributed by atoms with Crippen LogP contribution in [0.5, 0.6) is 0 Å². The molecule has 0 unspecified atom stereocenters. The summed E-state index contributed by atoms with van der Waals surface area (Å²) in [6.07, 6.45) is 1.38. The van der Waals surface area contributed by atoms with Gasteiger partial charge in [0.15, 0.2) is 0 Å². The van der Waals surface area contributed by atoms with Crippen molar-refractivity contribution < 1.29 is 4.39 Å². The van der Waals surface area contributed by atoms with Crippen LogP contribution in [0.4, 0.5) is 4.39 Å². The maximum atomic E-state index is 12.6. The lowest BCUT2D eigenvalue weighted by molar-refractivity contribution is 0.678. The molecule has 0 bridgehead atoms. The average molecular weight is 141 g/mol. The molecular weight excluding hydrogens is 129 g/mol. The number of halogens is 1. The van der Waals surface area contributed by atoms with E-state index in [-0.39, 0.29) is 5.83 Å². The number of allylic oxidation sites excluding steroid dienone is 3. The first-order valence-electron chi connectivity index (χ1n) is 3.11. The van der Waals surface area contributed by atoms with E-state index in [2.05, 4.69) is 11.6 Å². The lowest BCUT2D eigenvalue weighted by Gasteiger charge is -1.94. The molecule has 0 aromatic carbocycles. The predicted molar refractivity (Wildman–Crippen MR) is 42.8 cm³/mol. The van der Waals surface area contributed by atoms with Gasteiger partial charge in [0.1, 0.15) is 5.83 Å². The molecule has 0 radical (unpaired) electrons. The smallest absolute Gasteiger partial charge is 0.140 e. The van der Waals surface area contributed by atoms with Crippen LogP contribution < -0.4 is 0 Å². The minimum absolute atomic E-state index is 0.289. The zero-order valence-electron chi connectivity index (χ0n) is 6.61. The molecule has 0 N–H and O–H groups in total. The maximum Gasteiger partial charge on any atom is 0.140 e. The number of hydrogen-bond donors (Lipinski definition) is 0. The maximum absolute atomic E-state index is 12.6. The molecule has 0 amide bonds. The standard InChI is InChI=1S/C8H12FN/c1-5-8(9)7(4)10-6(2)3/h5H,2H2,1,3-4H3/b8-5+,10-7?. The Labute approximate surface area is 61.0 Å². The zero-order chi connectivity index (χ0) is 8.15. The second-order valence-corrected chi connectivity index (χ2v) is 2.07. The van der Waals surface area contributed by atoms with E-state index < -0.39 is 0 Å². The van der Waals surface area contributed by atoms with Crippen molar-refractivity contribution >= 4 is 5.71 Å². The summed E-state index contributed by atoms with van der Waals surface area (Å²) in [6.45, 7) is 8.51. The summed E-state index contributed by atoms with van der Waals surface area (Å²) in [7, 11) is 0. The molecule has 0 aliphatic rings. The van der Waals surface area contributed by atoms with Gasteiger partial charge in [-0.2, -0.15) is 0 Å². The highest BCUT2D eigenvalue weighted by Crippen LogP contribution is 2.02. The van der Waals surface area contributed by atoms with Gasteiger partial charge >= 0.3 is 0 Å². The van der Waals surface area contributed by atoms with E-state index in [1.807, 2.05) is 0 Å². The van der Waals surface area contributed by atoms with Crippen LogP contribution >= 0.6 is 0 Å². The van der Waals surface area contributed by atoms with E-state index in [0.717, 1.165) is 0 Å². The molecule has 10 heavy (non-hydrogen) atoms.